The molecular formula is C27H33N5O4S. The molecule has 0 aliphatic rings. The van der Waals surface area contributed by atoms with Crippen LogP contribution in [0, 0.1) is 5.92 Å². The number of rotatable bonds is 13. The van der Waals surface area contributed by atoms with Gasteiger partial charge < -0.3 is 24.7 Å². The first-order chi connectivity index (χ1) is 17.9. The molecule has 2 amide bonds. The van der Waals surface area contributed by atoms with E-state index in [-0.39, 0.29) is 23.5 Å². The first-order valence-corrected chi connectivity index (χ1v) is 13.0. The summed E-state index contributed by atoms with van der Waals surface area (Å²) < 4.78 is 12.5. The Morgan fingerprint density at radius 1 is 1.08 bits per heavy atom. The zero-order valence-electron chi connectivity index (χ0n) is 21.6. The number of carbonyl (C=O) groups is 2. The highest BCUT2D eigenvalue weighted by Crippen LogP contribution is 2.26. The number of thioether (sulfide) groups is 1. The summed E-state index contributed by atoms with van der Waals surface area (Å²) in [6.07, 6.45) is 1.74. The second-order valence-electron chi connectivity index (χ2n) is 8.46. The smallest absolute Gasteiger partial charge is 0.251 e. The molecule has 10 heteroatoms. The van der Waals surface area contributed by atoms with Gasteiger partial charge in [0.2, 0.25) is 5.91 Å². The number of methoxy groups -OCH3 is 1. The quantitative estimate of drug-likeness (QED) is 0.246. The molecule has 37 heavy (non-hydrogen) atoms. The molecule has 2 N–H and O–H groups in total. The summed E-state index contributed by atoms with van der Waals surface area (Å²) in [4.78, 5) is 25.5. The Hall–Kier alpha value is -3.79. The number of ether oxygens (including phenoxy) is 2. The standard InChI is InChI=1S/C27H33N5O4S/c1-6-16-32-25(24(18(3)4)29-26(34)19-8-12-21(35-5)13-9-19)30-31-27(32)37-17-23(33)28-20-10-14-22(15-11-20)36-7-2/h6,8-15,18,24H,1,7,16-17H2,2-5H3,(H,28,33)(H,29,34). The van der Waals surface area contributed by atoms with Crippen LogP contribution in [0.25, 0.3) is 0 Å². The number of carbonyl (C=O) groups excluding carboxylic acids is 2. The Bertz CT molecular complexity index is 1190. The van der Waals surface area contributed by atoms with E-state index in [1.54, 1.807) is 49.6 Å². The van der Waals surface area contributed by atoms with Crippen molar-refractivity contribution in [3.63, 3.8) is 0 Å². The van der Waals surface area contributed by atoms with Gasteiger partial charge >= 0.3 is 0 Å². The summed E-state index contributed by atoms with van der Waals surface area (Å²) in [5.74, 6) is 1.82. The van der Waals surface area contributed by atoms with Crippen molar-refractivity contribution < 1.29 is 19.1 Å². The average Bonchev–Trinajstić information content (AvgIpc) is 3.29. The first kappa shape index (κ1) is 27.8. The van der Waals surface area contributed by atoms with E-state index in [0.717, 1.165) is 5.75 Å². The molecule has 196 valence electrons. The molecule has 0 spiro atoms. The van der Waals surface area contributed by atoms with Crippen molar-refractivity contribution in [1.82, 2.24) is 20.1 Å². The predicted molar refractivity (Wildman–Crippen MR) is 145 cm³/mol. The molecule has 0 saturated heterocycles. The third kappa shape index (κ3) is 7.60. The van der Waals surface area contributed by atoms with Crippen LogP contribution in [0.1, 0.15) is 43.0 Å². The Morgan fingerprint density at radius 3 is 2.35 bits per heavy atom. The van der Waals surface area contributed by atoms with Gasteiger partial charge in [-0.3, -0.25) is 9.59 Å². The Kier molecular flexibility index (Phi) is 10.1. The SMILES string of the molecule is C=CCn1c(SCC(=O)Nc2ccc(OCC)cc2)nnc1C(NC(=O)c1ccc(OC)cc1)C(C)C. The maximum absolute atomic E-state index is 13.0. The van der Waals surface area contributed by atoms with Gasteiger partial charge in [0.05, 0.1) is 25.5 Å². The van der Waals surface area contributed by atoms with E-state index in [9.17, 15) is 9.59 Å². The largest absolute Gasteiger partial charge is 0.497 e. The van der Waals surface area contributed by atoms with Crippen LogP contribution in [-0.2, 0) is 11.3 Å². The van der Waals surface area contributed by atoms with Crippen molar-refractivity contribution in [2.24, 2.45) is 5.92 Å². The molecule has 0 bridgehead atoms. The van der Waals surface area contributed by atoms with Crippen molar-refractivity contribution in [3.05, 3.63) is 72.6 Å². The molecule has 0 aliphatic heterocycles. The topological polar surface area (TPSA) is 107 Å². The zero-order valence-corrected chi connectivity index (χ0v) is 22.4. The van der Waals surface area contributed by atoms with Crippen LogP contribution in [0.2, 0.25) is 0 Å². The summed E-state index contributed by atoms with van der Waals surface area (Å²) in [6.45, 7) is 10.8. The number of anilines is 1. The Labute approximate surface area is 221 Å². The van der Waals surface area contributed by atoms with Gasteiger partial charge in [-0.15, -0.1) is 16.8 Å². The van der Waals surface area contributed by atoms with E-state index in [4.69, 9.17) is 9.47 Å². The lowest BCUT2D eigenvalue weighted by Gasteiger charge is -2.22. The second-order valence-corrected chi connectivity index (χ2v) is 9.40. The van der Waals surface area contributed by atoms with Gasteiger partial charge in [-0.1, -0.05) is 31.7 Å². The molecule has 0 saturated carbocycles. The van der Waals surface area contributed by atoms with Gasteiger partial charge in [0, 0.05) is 17.8 Å². The summed E-state index contributed by atoms with van der Waals surface area (Å²) in [5, 5.41) is 15.2. The van der Waals surface area contributed by atoms with Crippen LogP contribution in [0.4, 0.5) is 5.69 Å². The van der Waals surface area contributed by atoms with Gasteiger partial charge in [-0.05, 0) is 61.4 Å². The lowest BCUT2D eigenvalue weighted by Crippen LogP contribution is -2.33. The minimum absolute atomic E-state index is 0.0378. The van der Waals surface area contributed by atoms with Crippen LogP contribution in [0.3, 0.4) is 0 Å². The van der Waals surface area contributed by atoms with Crippen LogP contribution in [0.5, 0.6) is 11.5 Å². The van der Waals surface area contributed by atoms with Crippen molar-refractivity contribution in [3.8, 4) is 11.5 Å². The van der Waals surface area contributed by atoms with Gasteiger partial charge in [0.1, 0.15) is 11.5 Å². The van der Waals surface area contributed by atoms with Crippen molar-refractivity contribution in [1.29, 1.82) is 0 Å². The fraction of sp³-hybridized carbons (Fsp3) is 0.333. The van der Waals surface area contributed by atoms with Gasteiger partial charge in [-0.25, -0.2) is 0 Å². The van der Waals surface area contributed by atoms with Crippen molar-refractivity contribution in [2.75, 3.05) is 24.8 Å². The molecule has 9 nitrogen and oxygen atoms in total. The highest BCUT2D eigenvalue weighted by Gasteiger charge is 2.26. The molecule has 0 aliphatic carbocycles. The molecular weight excluding hydrogens is 490 g/mol. The van der Waals surface area contributed by atoms with E-state index in [2.05, 4.69) is 27.4 Å². The van der Waals surface area contributed by atoms with Crippen LogP contribution in [-0.4, -0.2) is 46.0 Å². The third-order valence-corrected chi connectivity index (χ3v) is 6.39. The van der Waals surface area contributed by atoms with E-state index in [0.29, 0.717) is 41.1 Å². The number of nitrogens with one attached hydrogen (secondary N) is 2. The van der Waals surface area contributed by atoms with Crippen molar-refractivity contribution >= 4 is 29.3 Å². The number of allylic oxidation sites excluding steroid dienone is 1. The summed E-state index contributed by atoms with van der Waals surface area (Å²) in [7, 11) is 1.58. The monoisotopic (exact) mass is 523 g/mol. The normalized spacial score (nSPS) is 11.6. The molecule has 3 aromatic rings. The minimum atomic E-state index is -0.394. The van der Waals surface area contributed by atoms with Crippen LogP contribution < -0.4 is 20.1 Å². The van der Waals surface area contributed by atoms with Gasteiger partial charge in [0.25, 0.3) is 5.91 Å². The molecule has 1 heterocycles. The number of benzene rings is 2. The molecule has 3 rings (SSSR count). The van der Waals surface area contributed by atoms with E-state index < -0.39 is 6.04 Å². The summed E-state index contributed by atoms with van der Waals surface area (Å²) in [5.41, 5.74) is 1.20. The average molecular weight is 524 g/mol. The maximum atomic E-state index is 13.0. The fourth-order valence-corrected chi connectivity index (χ4v) is 4.32. The van der Waals surface area contributed by atoms with Crippen LogP contribution in [0.15, 0.2) is 66.3 Å². The number of aromatic nitrogens is 3. The highest BCUT2D eigenvalue weighted by molar-refractivity contribution is 7.99. The number of nitrogens with zero attached hydrogens (tertiary/aromatic N) is 3. The van der Waals surface area contributed by atoms with E-state index in [1.165, 1.54) is 11.8 Å². The molecule has 0 fully saturated rings. The molecule has 1 unspecified atom stereocenters. The molecule has 2 aromatic carbocycles. The van der Waals surface area contributed by atoms with Gasteiger partial charge in [0.15, 0.2) is 11.0 Å². The Morgan fingerprint density at radius 2 is 1.76 bits per heavy atom. The lowest BCUT2D eigenvalue weighted by atomic mass is 10.0. The minimum Gasteiger partial charge on any atom is -0.497 e. The zero-order chi connectivity index (χ0) is 26.8. The molecule has 0 radical (unpaired) electrons. The summed E-state index contributed by atoms with van der Waals surface area (Å²) in [6, 6.07) is 13.7. The third-order valence-electron chi connectivity index (χ3n) is 5.42. The molecule has 1 atom stereocenters. The number of hydrogen-bond donors (Lipinski definition) is 2. The Balaban J connectivity index is 1.70. The maximum Gasteiger partial charge on any atom is 0.251 e. The second kappa shape index (κ2) is 13.5. The number of amides is 2. The van der Waals surface area contributed by atoms with Crippen LogP contribution >= 0.6 is 11.8 Å². The van der Waals surface area contributed by atoms with Crippen molar-refractivity contribution in [2.45, 2.75) is 38.5 Å². The van der Waals surface area contributed by atoms with E-state index in [1.807, 2.05) is 37.5 Å². The highest BCUT2D eigenvalue weighted by atomic mass is 32.2. The number of hydrogen-bond acceptors (Lipinski definition) is 7. The lowest BCUT2D eigenvalue weighted by molar-refractivity contribution is -0.113. The summed E-state index contributed by atoms with van der Waals surface area (Å²) >= 11 is 1.27. The van der Waals surface area contributed by atoms with Gasteiger partial charge in [-0.2, -0.15) is 0 Å². The molecule has 1 aromatic heterocycles. The van der Waals surface area contributed by atoms with E-state index >= 15 is 0 Å². The first-order valence-electron chi connectivity index (χ1n) is 12.0. The predicted octanol–water partition coefficient (Wildman–Crippen LogP) is 4.73. The fourth-order valence-electron chi connectivity index (χ4n) is 3.56.